The maximum Gasteiger partial charge on any atom is 0.243 e. The Morgan fingerprint density at radius 1 is 1.15 bits per heavy atom. The Balaban J connectivity index is 1.44. The summed E-state index contributed by atoms with van der Waals surface area (Å²) < 4.78 is 32.9. The van der Waals surface area contributed by atoms with Gasteiger partial charge in [-0.1, -0.05) is 25.4 Å². The Bertz CT molecular complexity index is 1120. The number of piperidine rings is 1. The fourth-order valence-corrected chi connectivity index (χ4v) is 5.42. The van der Waals surface area contributed by atoms with Crippen LogP contribution in [-0.2, 0) is 14.8 Å². The Morgan fingerprint density at radius 2 is 1.76 bits per heavy atom. The predicted octanol–water partition coefficient (Wildman–Crippen LogP) is 4.37. The van der Waals surface area contributed by atoms with Crippen LogP contribution < -0.4 is 10.1 Å². The molecule has 0 radical (unpaired) electrons. The highest BCUT2D eigenvalue weighted by atomic mass is 35.5. The second kappa shape index (κ2) is 11.2. The lowest BCUT2D eigenvalue weighted by atomic mass is 9.86. The highest BCUT2D eigenvalue weighted by Crippen LogP contribution is 2.26. The van der Waals surface area contributed by atoms with Crippen molar-refractivity contribution < 1.29 is 17.9 Å². The topological polar surface area (TPSA) is 99.5 Å². The van der Waals surface area contributed by atoms with Crippen molar-refractivity contribution in [1.82, 2.24) is 9.62 Å². The second-order valence-corrected chi connectivity index (χ2v) is 11.5. The number of amides is 1. The van der Waals surface area contributed by atoms with Gasteiger partial charge < -0.3 is 10.1 Å². The van der Waals surface area contributed by atoms with E-state index < -0.39 is 15.4 Å². The van der Waals surface area contributed by atoms with Crippen LogP contribution in [0.3, 0.4) is 0 Å². The summed E-state index contributed by atoms with van der Waals surface area (Å²) in [5, 5.41) is 12.7. The Morgan fingerprint density at radius 3 is 2.35 bits per heavy atom. The van der Waals surface area contributed by atoms with Crippen molar-refractivity contribution in [1.29, 1.82) is 5.26 Å². The van der Waals surface area contributed by atoms with Gasteiger partial charge in [0.25, 0.3) is 0 Å². The summed E-state index contributed by atoms with van der Waals surface area (Å²) in [5.41, 5.74) is -0.144. The van der Waals surface area contributed by atoms with Crippen molar-refractivity contribution >= 4 is 27.5 Å². The quantitative estimate of drug-likeness (QED) is 0.512. The number of carbonyl (C=O) groups is 1. The van der Waals surface area contributed by atoms with Gasteiger partial charge >= 0.3 is 0 Å². The van der Waals surface area contributed by atoms with Gasteiger partial charge in [-0.05, 0) is 74.2 Å². The number of carbonyl (C=O) groups excluding carboxylic acids is 1. The summed E-state index contributed by atoms with van der Waals surface area (Å²) in [5.74, 6) is 0.710. The standard InChI is InChI=1S/C25H30ClN3O4S/c1-25(2,14-3-17-33-22-8-6-20(26)7-9-22)24(30)28-21-12-15-29(16-13-21)34(31,32)23-10-4-19(18-27)5-11-23/h4-11,21H,3,12-17H2,1-2H3,(H,28,30). The molecule has 1 fully saturated rings. The summed E-state index contributed by atoms with van der Waals surface area (Å²) in [7, 11) is -3.62. The van der Waals surface area contributed by atoms with Gasteiger partial charge in [0.05, 0.1) is 23.1 Å². The number of rotatable bonds is 9. The summed E-state index contributed by atoms with van der Waals surface area (Å²) in [6, 6.07) is 15.0. The van der Waals surface area contributed by atoms with Crippen LogP contribution in [0.25, 0.3) is 0 Å². The van der Waals surface area contributed by atoms with Crippen molar-refractivity contribution in [3.05, 3.63) is 59.1 Å². The predicted molar refractivity (Wildman–Crippen MR) is 131 cm³/mol. The van der Waals surface area contributed by atoms with Crippen molar-refractivity contribution in [2.75, 3.05) is 19.7 Å². The SMILES string of the molecule is CC(C)(CCCOc1ccc(Cl)cc1)C(=O)NC1CCN(S(=O)(=O)c2ccc(C#N)cc2)CC1. The van der Waals surface area contributed by atoms with E-state index in [1.165, 1.54) is 28.6 Å². The van der Waals surface area contributed by atoms with E-state index in [4.69, 9.17) is 21.6 Å². The van der Waals surface area contributed by atoms with Gasteiger partial charge in [0.2, 0.25) is 15.9 Å². The van der Waals surface area contributed by atoms with Gasteiger partial charge in [0, 0.05) is 29.6 Å². The molecule has 34 heavy (non-hydrogen) atoms. The van der Waals surface area contributed by atoms with E-state index in [0.29, 0.717) is 49.5 Å². The molecule has 0 saturated carbocycles. The van der Waals surface area contributed by atoms with Gasteiger partial charge in [0.15, 0.2) is 0 Å². The van der Waals surface area contributed by atoms with E-state index in [1.54, 1.807) is 12.1 Å². The smallest absolute Gasteiger partial charge is 0.243 e. The monoisotopic (exact) mass is 503 g/mol. The van der Waals surface area contributed by atoms with Crippen LogP contribution in [0.1, 0.15) is 45.1 Å². The maximum atomic E-state index is 12.9. The maximum absolute atomic E-state index is 12.9. The molecule has 1 N–H and O–H groups in total. The summed E-state index contributed by atoms with van der Waals surface area (Å²) in [4.78, 5) is 13.0. The Kier molecular flexibility index (Phi) is 8.58. The van der Waals surface area contributed by atoms with E-state index in [1.807, 2.05) is 32.0 Å². The molecule has 1 aliphatic heterocycles. The van der Waals surface area contributed by atoms with Gasteiger partial charge in [0.1, 0.15) is 5.75 Å². The molecule has 1 aliphatic rings. The molecular weight excluding hydrogens is 474 g/mol. The van der Waals surface area contributed by atoms with Crippen LogP contribution in [-0.4, -0.2) is 44.4 Å². The zero-order valence-electron chi connectivity index (χ0n) is 19.5. The molecule has 0 bridgehead atoms. The molecule has 1 amide bonds. The molecule has 2 aromatic rings. The van der Waals surface area contributed by atoms with Crippen LogP contribution in [0.4, 0.5) is 0 Å². The first-order valence-electron chi connectivity index (χ1n) is 11.3. The molecule has 0 spiro atoms. The molecule has 0 unspecified atom stereocenters. The largest absolute Gasteiger partial charge is 0.494 e. The van der Waals surface area contributed by atoms with Crippen LogP contribution in [0.15, 0.2) is 53.4 Å². The summed E-state index contributed by atoms with van der Waals surface area (Å²) in [6.07, 6.45) is 2.50. The van der Waals surface area contributed by atoms with Crippen molar-refractivity contribution in [2.24, 2.45) is 5.41 Å². The lowest BCUT2D eigenvalue weighted by molar-refractivity contribution is -0.130. The van der Waals surface area contributed by atoms with E-state index in [9.17, 15) is 13.2 Å². The summed E-state index contributed by atoms with van der Waals surface area (Å²) >= 11 is 5.87. The van der Waals surface area contributed by atoms with Gasteiger partial charge in [-0.3, -0.25) is 4.79 Å². The average Bonchev–Trinajstić information content (AvgIpc) is 2.83. The zero-order valence-corrected chi connectivity index (χ0v) is 21.0. The fourth-order valence-electron chi connectivity index (χ4n) is 3.82. The minimum atomic E-state index is -3.62. The molecule has 3 rings (SSSR count). The van der Waals surface area contributed by atoms with Gasteiger partial charge in [-0.2, -0.15) is 9.57 Å². The van der Waals surface area contributed by atoms with Gasteiger partial charge in [-0.25, -0.2) is 8.42 Å². The highest BCUT2D eigenvalue weighted by molar-refractivity contribution is 7.89. The third-order valence-corrected chi connectivity index (χ3v) is 8.22. The molecule has 7 nitrogen and oxygen atoms in total. The normalized spacial score (nSPS) is 15.5. The molecule has 0 atom stereocenters. The average molecular weight is 504 g/mol. The molecule has 0 aromatic heterocycles. The number of nitrogens with zero attached hydrogens (tertiary/aromatic N) is 2. The number of nitriles is 1. The van der Waals surface area contributed by atoms with Crippen LogP contribution >= 0.6 is 11.6 Å². The number of halogens is 1. The van der Waals surface area contributed by atoms with Crippen LogP contribution in [0.2, 0.25) is 5.02 Å². The number of benzene rings is 2. The molecule has 2 aromatic carbocycles. The number of hydrogen-bond donors (Lipinski definition) is 1. The van der Waals surface area contributed by atoms with Crippen LogP contribution in [0, 0.1) is 16.7 Å². The third-order valence-electron chi connectivity index (χ3n) is 6.05. The lowest BCUT2D eigenvalue weighted by Gasteiger charge is -2.33. The minimum Gasteiger partial charge on any atom is -0.494 e. The van der Waals surface area contributed by atoms with E-state index in [-0.39, 0.29) is 16.8 Å². The first-order chi connectivity index (χ1) is 16.1. The van der Waals surface area contributed by atoms with Crippen molar-refractivity contribution in [3.63, 3.8) is 0 Å². The summed E-state index contributed by atoms with van der Waals surface area (Å²) in [6.45, 7) is 5.00. The Labute approximate surface area is 206 Å². The first kappa shape index (κ1) is 26.0. The molecular formula is C25H30ClN3O4S. The molecule has 9 heteroatoms. The first-order valence-corrected chi connectivity index (χ1v) is 13.1. The zero-order chi connectivity index (χ0) is 24.8. The van der Waals surface area contributed by atoms with E-state index in [0.717, 1.165) is 12.2 Å². The van der Waals surface area contributed by atoms with E-state index >= 15 is 0 Å². The Hall–Kier alpha value is -2.60. The molecule has 1 heterocycles. The second-order valence-electron chi connectivity index (χ2n) is 9.08. The highest BCUT2D eigenvalue weighted by Gasteiger charge is 2.33. The fraction of sp³-hybridized carbons (Fsp3) is 0.440. The van der Waals surface area contributed by atoms with Crippen molar-refractivity contribution in [3.8, 4) is 11.8 Å². The number of hydrogen-bond acceptors (Lipinski definition) is 5. The van der Waals surface area contributed by atoms with E-state index in [2.05, 4.69) is 5.32 Å². The molecule has 0 aliphatic carbocycles. The number of sulfonamides is 1. The lowest BCUT2D eigenvalue weighted by Crippen LogP contribution is -2.49. The van der Waals surface area contributed by atoms with Gasteiger partial charge in [-0.15, -0.1) is 0 Å². The van der Waals surface area contributed by atoms with Crippen molar-refractivity contribution in [2.45, 2.75) is 50.5 Å². The third kappa shape index (κ3) is 6.72. The number of ether oxygens (including phenoxy) is 1. The van der Waals surface area contributed by atoms with Crippen LogP contribution in [0.5, 0.6) is 5.75 Å². The minimum absolute atomic E-state index is 0.0348. The number of nitrogens with one attached hydrogen (secondary N) is 1. The molecule has 1 saturated heterocycles. The molecule has 182 valence electrons.